The van der Waals surface area contributed by atoms with Crippen LogP contribution in [0.2, 0.25) is 0 Å². The molecule has 1 nitrogen and oxygen atoms in total. The first-order chi connectivity index (χ1) is 9.13. The molecule has 2 aromatic rings. The van der Waals surface area contributed by atoms with Crippen molar-refractivity contribution in [2.24, 2.45) is 0 Å². The second-order valence-electron chi connectivity index (χ2n) is 4.49. The van der Waals surface area contributed by atoms with Crippen molar-refractivity contribution in [2.45, 2.75) is 17.7 Å². The summed E-state index contributed by atoms with van der Waals surface area (Å²) in [5.74, 6) is 1.28. The van der Waals surface area contributed by atoms with Gasteiger partial charge in [-0.25, -0.2) is 0 Å². The molecule has 19 heavy (non-hydrogen) atoms. The molecule has 2 rings (SSSR count). The molecular formula is C16H16Br2O. The maximum absolute atomic E-state index is 5.46. The van der Waals surface area contributed by atoms with Gasteiger partial charge in [-0.15, -0.1) is 0 Å². The topological polar surface area (TPSA) is 9.23 Å². The maximum Gasteiger partial charge on any atom is 0.123 e. The molecule has 2 atom stereocenters. The van der Waals surface area contributed by atoms with Gasteiger partial charge in [0.2, 0.25) is 0 Å². The van der Waals surface area contributed by atoms with Gasteiger partial charge in [0.15, 0.2) is 0 Å². The highest BCUT2D eigenvalue weighted by atomic mass is 79.9. The zero-order valence-corrected chi connectivity index (χ0v) is 14.1. The lowest BCUT2D eigenvalue weighted by atomic mass is 9.93. The van der Waals surface area contributed by atoms with Crippen molar-refractivity contribution in [3.8, 4) is 5.75 Å². The molecule has 0 heterocycles. The third-order valence-corrected chi connectivity index (χ3v) is 5.03. The van der Waals surface area contributed by atoms with Crippen LogP contribution in [0.25, 0.3) is 0 Å². The Balaban J connectivity index is 2.33. The molecule has 0 N–H and O–H groups in total. The molecule has 0 saturated heterocycles. The van der Waals surface area contributed by atoms with Gasteiger partial charge in [0.25, 0.3) is 0 Å². The van der Waals surface area contributed by atoms with Crippen LogP contribution in [0.1, 0.15) is 28.8 Å². The third-order valence-electron chi connectivity index (χ3n) is 3.25. The minimum Gasteiger partial charge on any atom is -0.496 e. The van der Waals surface area contributed by atoms with Gasteiger partial charge in [-0.05, 0) is 29.7 Å². The number of hydrogen-bond acceptors (Lipinski definition) is 1. The molecule has 0 bridgehead atoms. The van der Waals surface area contributed by atoms with Gasteiger partial charge in [0.05, 0.1) is 7.11 Å². The van der Waals surface area contributed by atoms with E-state index in [0.717, 1.165) is 15.8 Å². The number of methoxy groups -OCH3 is 1. The van der Waals surface area contributed by atoms with Gasteiger partial charge < -0.3 is 4.74 Å². The van der Waals surface area contributed by atoms with E-state index in [1.54, 1.807) is 7.11 Å². The molecule has 0 saturated carbocycles. The molecule has 0 spiro atoms. The van der Waals surface area contributed by atoms with Gasteiger partial charge in [-0.2, -0.15) is 0 Å². The summed E-state index contributed by atoms with van der Waals surface area (Å²) in [4.78, 5) is 0.211. The van der Waals surface area contributed by atoms with Crippen LogP contribution in [-0.2, 0) is 0 Å². The average Bonchev–Trinajstić information content (AvgIpc) is 2.46. The van der Waals surface area contributed by atoms with Crippen LogP contribution in [0.5, 0.6) is 5.75 Å². The Morgan fingerprint density at radius 3 is 2.37 bits per heavy atom. The van der Waals surface area contributed by atoms with Crippen LogP contribution >= 0.6 is 31.9 Å². The maximum atomic E-state index is 5.46. The van der Waals surface area contributed by atoms with Crippen LogP contribution in [0.4, 0.5) is 0 Å². The Labute approximate surface area is 131 Å². The van der Waals surface area contributed by atoms with E-state index in [1.807, 2.05) is 18.2 Å². The highest BCUT2D eigenvalue weighted by Crippen LogP contribution is 2.42. The van der Waals surface area contributed by atoms with E-state index >= 15 is 0 Å². The monoisotopic (exact) mass is 382 g/mol. The molecule has 0 amide bonds. The number of rotatable bonds is 4. The van der Waals surface area contributed by atoms with Gasteiger partial charge >= 0.3 is 0 Å². The van der Waals surface area contributed by atoms with Gasteiger partial charge in [-0.3, -0.25) is 0 Å². The van der Waals surface area contributed by atoms with Crippen molar-refractivity contribution in [1.29, 1.82) is 0 Å². The summed E-state index contributed by atoms with van der Waals surface area (Å²) in [6.07, 6.45) is 0. The Kier molecular flexibility index (Phi) is 5.06. The summed E-state index contributed by atoms with van der Waals surface area (Å²) in [6.45, 7) is 2.22. The number of halogens is 2. The van der Waals surface area contributed by atoms with Crippen molar-refractivity contribution in [3.05, 3.63) is 64.1 Å². The largest absolute Gasteiger partial charge is 0.496 e. The van der Waals surface area contributed by atoms with E-state index in [9.17, 15) is 0 Å². The Hall–Kier alpha value is -0.800. The lowest BCUT2D eigenvalue weighted by molar-refractivity contribution is 0.408. The summed E-state index contributed by atoms with van der Waals surface area (Å²) in [6, 6.07) is 16.6. The smallest absolute Gasteiger partial charge is 0.123 e. The van der Waals surface area contributed by atoms with E-state index in [1.165, 1.54) is 5.56 Å². The molecular weight excluding hydrogens is 368 g/mol. The van der Waals surface area contributed by atoms with E-state index in [2.05, 4.69) is 69.1 Å². The highest BCUT2D eigenvalue weighted by Gasteiger charge is 2.21. The van der Waals surface area contributed by atoms with E-state index < -0.39 is 0 Å². The first kappa shape index (κ1) is 14.6. The van der Waals surface area contributed by atoms with Gasteiger partial charge in [0.1, 0.15) is 5.75 Å². The van der Waals surface area contributed by atoms with Gasteiger partial charge in [-0.1, -0.05) is 69.1 Å². The molecule has 0 aliphatic rings. The van der Waals surface area contributed by atoms with Crippen LogP contribution < -0.4 is 4.74 Å². The quantitative estimate of drug-likeness (QED) is 0.615. The van der Waals surface area contributed by atoms with Crippen LogP contribution in [0.15, 0.2) is 53.0 Å². The van der Waals surface area contributed by atoms with Crippen molar-refractivity contribution in [3.63, 3.8) is 0 Å². The summed E-state index contributed by atoms with van der Waals surface area (Å²) < 4.78 is 6.52. The van der Waals surface area contributed by atoms with Crippen molar-refractivity contribution in [1.82, 2.24) is 0 Å². The Bertz CT molecular complexity index is 540. The van der Waals surface area contributed by atoms with Crippen LogP contribution in [0.3, 0.4) is 0 Å². The first-order valence-electron chi connectivity index (χ1n) is 6.16. The van der Waals surface area contributed by atoms with Crippen molar-refractivity contribution in [2.75, 3.05) is 7.11 Å². The summed E-state index contributed by atoms with van der Waals surface area (Å²) in [5, 5.41) is 0. The predicted molar refractivity (Wildman–Crippen MR) is 87.2 cm³/mol. The van der Waals surface area contributed by atoms with Crippen molar-refractivity contribution < 1.29 is 4.74 Å². The van der Waals surface area contributed by atoms with Crippen molar-refractivity contribution >= 4 is 31.9 Å². The minimum absolute atomic E-state index is 0.211. The van der Waals surface area contributed by atoms with Crippen LogP contribution in [-0.4, -0.2) is 7.11 Å². The SMILES string of the molecule is COc1ccc(Br)cc1C(Br)C(C)c1ccccc1. The molecule has 0 aromatic heterocycles. The Morgan fingerprint density at radius 1 is 1.05 bits per heavy atom. The number of hydrogen-bond donors (Lipinski definition) is 0. The molecule has 0 aliphatic carbocycles. The fraction of sp³-hybridized carbons (Fsp3) is 0.250. The zero-order valence-electron chi connectivity index (χ0n) is 10.9. The molecule has 0 radical (unpaired) electrons. The predicted octanol–water partition coefficient (Wildman–Crippen LogP) is 5.70. The summed E-state index contributed by atoms with van der Waals surface area (Å²) >= 11 is 7.34. The molecule has 0 fully saturated rings. The van der Waals surface area contributed by atoms with E-state index in [4.69, 9.17) is 4.74 Å². The molecule has 0 aliphatic heterocycles. The standard InChI is InChI=1S/C16H16Br2O/c1-11(12-6-4-3-5-7-12)16(18)14-10-13(17)8-9-15(14)19-2/h3-11,16H,1-2H3. The third kappa shape index (κ3) is 3.40. The minimum atomic E-state index is 0.211. The first-order valence-corrected chi connectivity index (χ1v) is 7.86. The lowest BCUT2D eigenvalue weighted by Gasteiger charge is -2.21. The molecule has 2 aromatic carbocycles. The second-order valence-corrected chi connectivity index (χ2v) is 6.39. The van der Waals surface area contributed by atoms with Crippen LogP contribution in [0, 0.1) is 0 Å². The number of ether oxygens (including phenoxy) is 1. The lowest BCUT2D eigenvalue weighted by Crippen LogP contribution is -2.04. The average molecular weight is 384 g/mol. The normalized spacial score (nSPS) is 13.9. The molecule has 3 heteroatoms. The fourth-order valence-electron chi connectivity index (χ4n) is 2.12. The van der Waals surface area contributed by atoms with Gasteiger partial charge in [0, 0.05) is 14.9 Å². The van der Waals surface area contributed by atoms with E-state index in [-0.39, 0.29) is 4.83 Å². The molecule has 100 valence electrons. The highest BCUT2D eigenvalue weighted by molar-refractivity contribution is 9.10. The van der Waals surface area contributed by atoms with E-state index in [0.29, 0.717) is 5.92 Å². The number of alkyl halides is 1. The molecule has 2 unspecified atom stereocenters. The fourth-order valence-corrected chi connectivity index (χ4v) is 3.16. The summed E-state index contributed by atoms with van der Waals surface area (Å²) in [5.41, 5.74) is 2.47. The second kappa shape index (κ2) is 6.58. The summed E-state index contributed by atoms with van der Waals surface area (Å²) in [7, 11) is 1.71. The number of benzene rings is 2. The zero-order chi connectivity index (χ0) is 13.8. The Morgan fingerprint density at radius 2 is 1.74 bits per heavy atom.